The van der Waals surface area contributed by atoms with Crippen molar-refractivity contribution >= 4 is 33.4 Å². The quantitative estimate of drug-likeness (QED) is 0.570. The van der Waals surface area contributed by atoms with Crippen LogP contribution in [0.5, 0.6) is 0 Å². The Morgan fingerprint density at radius 1 is 1.06 bits per heavy atom. The Morgan fingerprint density at radius 3 is 2.35 bits per heavy atom. The summed E-state index contributed by atoms with van der Waals surface area (Å²) in [6, 6.07) is 10.0. The van der Waals surface area contributed by atoms with E-state index in [1.807, 2.05) is 30.3 Å². The molecule has 0 aliphatic heterocycles. The van der Waals surface area contributed by atoms with Crippen LogP contribution in [0.15, 0.2) is 35.7 Å². The molecule has 0 unspecified atom stereocenters. The van der Waals surface area contributed by atoms with Crippen LogP contribution in [0.2, 0.25) is 14.8 Å². The molecule has 0 bridgehead atoms. The molecule has 86 valence electrons. The molecule has 0 saturated heterocycles. The average molecular weight is 348 g/mol. The molecule has 1 aromatic carbocycles. The van der Waals surface area contributed by atoms with E-state index in [4.69, 9.17) is 0 Å². The number of rotatable bonds is 1. The van der Waals surface area contributed by atoms with Gasteiger partial charge in [0.05, 0.1) is 0 Å². The molecular weight excluding hydrogens is 333 g/mol. The minimum atomic E-state index is -2.00. The molecule has 0 saturated carbocycles. The van der Waals surface area contributed by atoms with Gasteiger partial charge >= 0.3 is 111 Å². The van der Waals surface area contributed by atoms with Crippen molar-refractivity contribution in [1.82, 2.24) is 4.98 Å². The van der Waals surface area contributed by atoms with E-state index in [0.29, 0.717) is 0 Å². The number of benzene rings is 1. The van der Waals surface area contributed by atoms with Gasteiger partial charge in [-0.2, -0.15) is 0 Å². The van der Waals surface area contributed by atoms with Gasteiger partial charge in [0.2, 0.25) is 0 Å². The Morgan fingerprint density at radius 2 is 1.76 bits per heavy atom. The van der Waals surface area contributed by atoms with E-state index < -0.39 is 18.4 Å². The van der Waals surface area contributed by atoms with Gasteiger partial charge in [0.15, 0.2) is 0 Å². The van der Waals surface area contributed by atoms with Gasteiger partial charge in [-0.3, -0.25) is 0 Å². The monoisotopic (exact) mass is 349 g/mol. The molecule has 0 spiro atoms. The molecule has 1 nitrogen and oxygen atoms in total. The first-order chi connectivity index (χ1) is 8.05. The summed E-state index contributed by atoms with van der Waals surface area (Å²) in [6.45, 7) is 0. The topological polar surface area (TPSA) is 12.9 Å². The fourth-order valence-corrected chi connectivity index (χ4v) is 7.25. The molecule has 2 aromatic rings. The van der Waals surface area contributed by atoms with Gasteiger partial charge in [-0.25, -0.2) is 0 Å². The molecule has 0 aliphatic rings. The second-order valence-corrected chi connectivity index (χ2v) is 20.1. The Balaban J connectivity index is 2.21. The van der Waals surface area contributed by atoms with Crippen LogP contribution >= 0.6 is 11.3 Å². The van der Waals surface area contributed by atoms with E-state index >= 15 is 0 Å². The number of hydrogen-bond acceptors (Lipinski definition) is 2. The fraction of sp³-hybridized carbons (Fsp3) is 0.214. The van der Waals surface area contributed by atoms with Crippen LogP contribution < -0.4 is 3.71 Å². The van der Waals surface area contributed by atoms with E-state index in [1.54, 1.807) is 11.3 Å². The third-order valence-electron chi connectivity index (χ3n) is 2.36. The van der Waals surface area contributed by atoms with Gasteiger partial charge in [0.25, 0.3) is 0 Å². The van der Waals surface area contributed by atoms with Crippen molar-refractivity contribution in [3.8, 4) is 11.8 Å². The third-order valence-corrected chi connectivity index (χ3v) is 8.83. The zero-order valence-corrected chi connectivity index (χ0v) is 14.0. The van der Waals surface area contributed by atoms with Crippen molar-refractivity contribution < 1.29 is 0 Å². The van der Waals surface area contributed by atoms with Crippen LogP contribution in [0.1, 0.15) is 10.6 Å². The molecule has 0 aliphatic carbocycles. The van der Waals surface area contributed by atoms with Gasteiger partial charge in [-0.05, 0) is 0 Å². The summed E-state index contributed by atoms with van der Waals surface area (Å²) in [6.07, 6.45) is 0. The predicted molar refractivity (Wildman–Crippen MR) is 77.5 cm³/mol. The Kier molecular flexibility index (Phi) is 3.90. The summed E-state index contributed by atoms with van der Waals surface area (Å²) in [4.78, 5) is 11.8. The van der Waals surface area contributed by atoms with Crippen LogP contribution in [0.3, 0.4) is 0 Å². The Hall–Kier alpha value is -0.791. The molecule has 2 rings (SSSR count). The third kappa shape index (κ3) is 3.58. The summed E-state index contributed by atoms with van der Waals surface area (Å²) >= 11 is -0.337. The van der Waals surface area contributed by atoms with Crippen LogP contribution in [-0.4, -0.2) is 23.4 Å². The number of nitrogens with zero attached hydrogens (tertiary/aromatic N) is 1. The molecule has 0 amide bonds. The number of aromatic nitrogens is 1. The van der Waals surface area contributed by atoms with Crippen molar-refractivity contribution in [3.05, 3.63) is 46.3 Å². The Bertz CT molecular complexity index is 555. The molecule has 0 fully saturated rings. The zero-order valence-electron chi connectivity index (χ0n) is 10.3. The number of thiazole rings is 1. The van der Waals surface area contributed by atoms with Crippen molar-refractivity contribution in [2.24, 2.45) is 0 Å². The van der Waals surface area contributed by atoms with Gasteiger partial charge in [-0.15, -0.1) is 0 Å². The average Bonchev–Trinajstić information content (AvgIpc) is 2.76. The van der Waals surface area contributed by atoms with Crippen LogP contribution in [0.25, 0.3) is 0 Å². The molecule has 17 heavy (non-hydrogen) atoms. The van der Waals surface area contributed by atoms with Gasteiger partial charge in [0.1, 0.15) is 0 Å². The van der Waals surface area contributed by atoms with Crippen LogP contribution in [-0.2, 0) is 0 Å². The first kappa shape index (κ1) is 12.7. The molecule has 3 heteroatoms. The van der Waals surface area contributed by atoms with Gasteiger partial charge in [-0.1, -0.05) is 0 Å². The van der Waals surface area contributed by atoms with Gasteiger partial charge < -0.3 is 0 Å². The second kappa shape index (κ2) is 5.24. The zero-order chi connectivity index (χ0) is 12.3. The fourth-order valence-electron chi connectivity index (χ4n) is 1.32. The standard InChI is InChI=1S/C11H6NS.3CH3.Sn/c1-2-4-10(5-3-1)6-7-11-12-8-9-13-11;;;;/h1-5,9H;3*1H3;. The van der Waals surface area contributed by atoms with Crippen LogP contribution in [0.4, 0.5) is 0 Å². The Labute approximate surface area is 111 Å². The molecule has 1 heterocycles. The van der Waals surface area contributed by atoms with E-state index in [9.17, 15) is 0 Å². The van der Waals surface area contributed by atoms with E-state index in [-0.39, 0.29) is 0 Å². The van der Waals surface area contributed by atoms with Crippen LogP contribution in [0, 0.1) is 11.8 Å². The molecule has 0 atom stereocenters. The second-order valence-electron chi connectivity index (χ2n) is 4.90. The van der Waals surface area contributed by atoms with Crippen molar-refractivity contribution in [3.63, 3.8) is 0 Å². The maximum atomic E-state index is 4.63. The van der Waals surface area contributed by atoms with E-state index in [2.05, 4.69) is 37.0 Å². The summed E-state index contributed by atoms with van der Waals surface area (Å²) in [5.74, 6) is 6.29. The first-order valence-electron chi connectivity index (χ1n) is 5.59. The summed E-state index contributed by atoms with van der Waals surface area (Å²) in [5.41, 5.74) is 1.04. The maximum absolute atomic E-state index is 4.63. The molecular formula is C14H15NSSn. The normalized spacial score (nSPS) is 10.8. The SMILES string of the molecule is [CH3][Sn]([CH3])([CH3])[c]1csc(C#Cc2ccccc2)n1. The van der Waals surface area contributed by atoms with Crippen molar-refractivity contribution in [2.45, 2.75) is 14.8 Å². The molecule has 1 aromatic heterocycles. The predicted octanol–water partition coefficient (Wildman–Crippen LogP) is 3.09. The van der Waals surface area contributed by atoms with E-state index in [1.165, 1.54) is 3.71 Å². The van der Waals surface area contributed by atoms with Crippen molar-refractivity contribution in [1.29, 1.82) is 0 Å². The summed E-state index contributed by atoms with van der Waals surface area (Å²) in [5, 5.41) is 3.13. The van der Waals surface area contributed by atoms with Crippen molar-refractivity contribution in [2.75, 3.05) is 0 Å². The van der Waals surface area contributed by atoms with E-state index in [0.717, 1.165) is 10.6 Å². The molecule has 0 radical (unpaired) electrons. The number of hydrogen-bond donors (Lipinski definition) is 0. The summed E-state index contributed by atoms with van der Waals surface area (Å²) < 4.78 is 1.32. The molecule has 0 N–H and O–H groups in total. The minimum absolute atomic E-state index is 0.940. The summed E-state index contributed by atoms with van der Waals surface area (Å²) in [7, 11) is 0. The van der Waals surface area contributed by atoms with Gasteiger partial charge in [0, 0.05) is 0 Å². The first-order valence-corrected chi connectivity index (χ1v) is 16.5.